The molecule has 0 radical (unpaired) electrons. The lowest BCUT2D eigenvalue weighted by Crippen LogP contribution is -2.24. The third-order valence-electron chi connectivity index (χ3n) is 5.78. The first-order valence-electron chi connectivity index (χ1n) is 8.77. The number of rotatable bonds is 3. The number of hydrogen-bond donors (Lipinski definition) is 0. The van der Waals surface area contributed by atoms with Gasteiger partial charge in [0.05, 0.1) is 0 Å². The molecule has 0 aliphatic heterocycles. The highest BCUT2D eigenvalue weighted by atomic mass is 19.2. The first kappa shape index (κ1) is 15.9. The third-order valence-corrected chi connectivity index (χ3v) is 5.78. The topological polar surface area (TPSA) is 0 Å². The van der Waals surface area contributed by atoms with Gasteiger partial charge in [-0.2, -0.15) is 0 Å². The average Bonchev–Trinajstić information content (AvgIpc) is 2.54. The molecule has 0 N–H and O–H groups in total. The molecular formula is C19H25F3. The van der Waals surface area contributed by atoms with Gasteiger partial charge in [0.25, 0.3) is 0 Å². The second-order valence-corrected chi connectivity index (χ2v) is 7.26. The van der Waals surface area contributed by atoms with Crippen LogP contribution in [0.3, 0.4) is 0 Å². The summed E-state index contributed by atoms with van der Waals surface area (Å²) in [6.45, 7) is 0. The van der Waals surface area contributed by atoms with Crippen molar-refractivity contribution in [2.75, 3.05) is 0 Å². The van der Waals surface area contributed by atoms with Gasteiger partial charge in [-0.25, -0.2) is 13.2 Å². The molecule has 0 spiro atoms. The van der Waals surface area contributed by atoms with Crippen molar-refractivity contribution in [1.29, 1.82) is 0 Å². The molecule has 2 fully saturated rings. The monoisotopic (exact) mass is 310 g/mol. The van der Waals surface area contributed by atoms with Gasteiger partial charge in [-0.05, 0) is 67.6 Å². The van der Waals surface area contributed by atoms with Crippen LogP contribution < -0.4 is 0 Å². The quantitative estimate of drug-likeness (QED) is 0.598. The zero-order chi connectivity index (χ0) is 15.5. The molecule has 22 heavy (non-hydrogen) atoms. The van der Waals surface area contributed by atoms with E-state index in [1.165, 1.54) is 44.9 Å². The van der Waals surface area contributed by atoms with Crippen LogP contribution in [0.1, 0.15) is 63.4 Å². The Kier molecular flexibility index (Phi) is 5.10. The Labute approximate surface area is 131 Å². The van der Waals surface area contributed by atoms with Crippen molar-refractivity contribution in [3.05, 3.63) is 35.1 Å². The number of hydrogen-bond acceptors (Lipinski definition) is 0. The predicted molar refractivity (Wildman–Crippen MR) is 82.0 cm³/mol. The lowest BCUT2D eigenvalue weighted by molar-refractivity contribution is 0.167. The Bertz CT molecular complexity index is 474. The van der Waals surface area contributed by atoms with Crippen LogP contribution in [0.25, 0.3) is 0 Å². The summed E-state index contributed by atoms with van der Waals surface area (Å²) in [5.41, 5.74) is 0.595. The Morgan fingerprint density at radius 1 is 0.727 bits per heavy atom. The van der Waals surface area contributed by atoms with Crippen LogP contribution in [0.5, 0.6) is 0 Å². The minimum atomic E-state index is -1.36. The van der Waals surface area contributed by atoms with E-state index in [1.807, 2.05) is 0 Å². The van der Waals surface area contributed by atoms with E-state index in [2.05, 4.69) is 0 Å². The van der Waals surface area contributed by atoms with E-state index in [1.54, 1.807) is 0 Å². The lowest BCUT2D eigenvalue weighted by Gasteiger charge is -2.36. The minimum absolute atomic E-state index is 0.490. The standard InChI is InChI=1S/C19H25F3/c20-17-11-14(12-18(21)19(17)22)10-13-6-8-16(9-7-13)15-4-2-1-3-5-15/h11-13,15-16H,1-10H2. The summed E-state index contributed by atoms with van der Waals surface area (Å²) in [5, 5.41) is 0. The second-order valence-electron chi connectivity index (χ2n) is 7.26. The van der Waals surface area contributed by atoms with Gasteiger partial charge in [0.2, 0.25) is 0 Å². The Morgan fingerprint density at radius 3 is 1.86 bits per heavy atom. The van der Waals surface area contributed by atoms with Crippen molar-refractivity contribution in [2.45, 2.75) is 64.2 Å². The first-order valence-corrected chi connectivity index (χ1v) is 8.77. The summed E-state index contributed by atoms with van der Waals surface area (Å²) in [6, 6.07) is 2.32. The van der Waals surface area contributed by atoms with Crippen molar-refractivity contribution >= 4 is 0 Å². The van der Waals surface area contributed by atoms with E-state index >= 15 is 0 Å². The number of halogens is 3. The van der Waals surface area contributed by atoms with Gasteiger partial charge >= 0.3 is 0 Å². The van der Waals surface area contributed by atoms with Crippen LogP contribution >= 0.6 is 0 Å². The normalized spacial score (nSPS) is 27.0. The molecule has 1 aromatic carbocycles. The van der Waals surface area contributed by atoms with Gasteiger partial charge < -0.3 is 0 Å². The van der Waals surface area contributed by atoms with Crippen LogP contribution in [0.4, 0.5) is 13.2 Å². The van der Waals surface area contributed by atoms with E-state index in [4.69, 9.17) is 0 Å². The van der Waals surface area contributed by atoms with Crippen molar-refractivity contribution in [2.24, 2.45) is 17.8 Å². The first-order chi connectivity index (χ1) is 10.6. The van der Waals surface area contributed by atoms with Gasteiger partial charge in [0, 0.05) is 0 Å². The van der Waals surface area contributed by atoms with E-state index in [9.17, 15) is 13.2 Å². The fraction of sp³-hybridized carbons (Fsp3) is 0.684. The van der Waals surface area contributed by atoms with Gasteiger partial charge in [0.15, 0.2) is 17.5 Å². The Balaban J connectivity index is 1.53. The molecule has 2 saturated carbocycles. The summed E-state index contributed by atoms with van der Waals surface area (Å²) >= 11 is 0. The molecule has 0 atom stereocenters. The maximum absolute atomic E-state index is 13.3. The van der Waals surface area contributed by atoms with E-state index < -0.39 is 17.5 Å². The molecule has 0 bridgehead atoms. The fourth-order valence-corrected chi connectivity index (χ4v) is 4.53. The van der Waals surface area contributed by atoms with Gasteiger partial charge in [0.1, 0.15) is 0 Å². The molecule has 0 nitrogen and oxygen atoms in total. The van der Waals surface area contributed by atoms with Crippen molar-refractivity contribution < 1.29 is 13.2 Å². The lowest BCUT2D eigenvalue weighted by atomic mass is 9.70. The van der Waals surface area contributed by atoms with Crippen LogP contribution in [0.15, 0.2) is 12.1 Å². The van der Waals surface area contributed by atoms with Gasteiger partial charge in [-0.1, -0.05) is 32.1 Å². The molecule has 0 amide bonds. The van der Waals surface area contributed by atoms with Crippen LogP contribution in [-0.2, 0) is 6.42 Å². The zero-order valence-corrected chi connectivity index (χ0v) is 13.1. The van der Waals surface area contributed by atoms with E-state index in [0.717, 1.165) is 36.8 Å². The van der Waals surface area contributed by atoms with Crippen LogP contribution in [-0.4, -0.2) is 0 Å². The smallest absolute Gasteiger partial charge is 0.194 e. The maximum Gasteiger partial charge on any atom is 0.194 e. The second kappa shape index (κ2) is 7.06. The summed E-state index contributed by atoms with van der Waals surface area (Å²) in [7, 11) is 0. The molecular weight excluding hydrogens is 285 g/mol. The summed E-state index contributed by atoms with van der Waals surface area (Å²) < 4.78 is 39.6. The van der Waals surface area contributed by atoms with Crippen LogP contribution in [0, 0.1) is 35.2 Å². The molecule has 0 aromatic heterocycles. The Morgan fingerprint density at radius 2 is 1.27 bits per heavy atom. The van der Waals surface area contributed by atoms with Gasteiger partial charge in [-0.3, -0.25) is 0 Å². The zero-order valence-electron chi connectivity index (χ0n) is 13.1. The molecule has 122 valence electrons. The predicted octanol–water partition coefficient (Wildman–Crippen LogP) is 6.03. The highest BCUT2D eigenvalue weighted by Gasteiger charge is 2.28. The fourth-order valence-electron chi connectivity index (χ4n) is 4.53. The Hall–Kier alpha value is -0.990. The summed E-state index contributed by atoms with van der Waals surface area (Å²) in [5.74, 6) is -1.22. The van der Waals surface area contributed by atoms with Crippen LogP contribution in [0.2, 0.25) is 0 Å². The third kappa shape index (κ3) is 3.67. The van der Waals surface area contributed by atoms with Gasteiger partial charge in [-0.15, -0.1) is 0 Å². The van der Waals surface area contributed by atoms with Crippen molar-refractivity contribution in [3.8, 4) is 0 Å². The summed E-state index contributed by atoms with van der Waals surface area (Å²) in [6.07, 6.45) is 12.4. The molecule has 0 unspecified atom stereocenters. The number of benzene rings is 1. The molecule has 3 heteroatoms. The highest BCUT2D eigenvalue weighted by Crippen LogP contribution is 2.40. The van der Waals surface area contributed by atoms with E-state index in [0.29, 0.717) is 17.9 Å². The largest absolute Gasteiger partial charge is 0.204 e. The molecule has 1 aromatic rings. The van der Waals surface area contributed by atoms with E-state index in [-0.39, 0.29) is 0 Å². The molecule has 2 aliphatic carbocycles. The van der Waals surface area contributed by atoms with Crippen molar-refractivity contribution in [1.82, 2.24) is 0 Å². The SMILES string of the molecule is Fc1cc(CC2CCC(C3CCCCC3)CC2)cc(F)c1F. The molecule has 0 saturated heterocycles. The molecule has 0 heterocycles. The minimum Gasteiger partial charge on any atom is -0.204 e. The molecule has 3 rings (SSSR count). The molecule has 2 aliphatic rings. The maximum atomic E-state index is 13.3. The summed E-state index contributed by atoms with van der Waals surface area (Å²) in [4.78, 5) is 0. The average molecular weight is 310 g/mol. The van der Waals surface area contributed by atoms with Crippen molar-refractivity contribution in [3.63, 3.8) is 0 Å². The highest BCUT2D eigenvalue weighted by molar-refractivity contribution is 5.20.